The van der Waals surface area contributed by atoms with Crippen LogP contribution in [0.5, 0.6) is 5.75 Å². The number of carbonyl (C=O) groups excluding carboxylic acids is 1. The fourth-order valence-electron chi connectivity index (χ4n) is 4.43. The van der Waals surface area contributed by atoms with E-state index in [9.17, 15) is 4.79 Å². The number of methoxy groups -OCH3 is 2. The molecule has 31 heavy (non-hydrogen) atoms. The van der Waals surface area contributed by atoms with Gasteiger partial charge in [0.1, 0.15) is 5.75 Å². The number of hydrogen-bond acceptors (Lipinski definition) is 5. The summed E-state index contributed by atoms with van der Waals surface area (Å²) in [4.78, 5) is 19.6. The van der Waals surface area contributed by atoms with Crippen molar-refractivity contribution in [3.8, 4) is 5.75 Å². The first-order valence-electron chi connectivity index (χ1n) is 11.1. The molecule has 1 saturated heterocycles. The summed E-state index contributed by atoms with van der Waals surface area (Å²) in [5.74, 6) is 1.26. The normalized spacial score (nSPS) is 17.9. The molecule has 0 spiro atoms. The maximum atomic E-state index is 12.5. The Balaban J connectivity index is 1.74. The fourth-order valence-corrected chi connectivity index (χ4v) is 4.43. The van der Waals surface area contributed by atoms with E-state index in [1.165, 1.54) is 16.7 Å². The second-order valence-corrected chi connectivity index (χ2v) is 8.36. The van der Waals surface area contributed by atoms with Gasteiger partial charge in [-0.2, -0.15) is 0 Å². The Labute approximate surface area is 186 Å². The number of aromatic nitrogens is 1. The number of carbonyl (C=O) groups is 1. The van der Waals surface area contributed by atoms with Crippen LogP contribution >= 0.6 is 0 Å². The Hall–Kier alpha value is -2.44. The maximum Gasteiger partial charge on any atom is 0.222 e. The number of benzene rings is 1. The molecule has 1 fully saturated rings. The van der Waals surface area contributed by atoms with Gasteiger partial charge in [-0.1, -0.05) is 12.1 Å². The SMILES string of the molecule is COCCC(=O)N[C@H](c1ccccn1)[C@@H]1CCCN(Cc2ccc(OC)c(C)c2C)C1. The standard InChI is InChI=1S/C25H35N3O3/c1-18-19(2)23(31-4)11-10-20(18)16-28-14-7-8-21(17-28)25(22-9-5-6-13-26-22)27-24(29)12-15-30-3/h5-6,9-11,13,21,25H,7-8,12,14-17H2,1-4H3,(H,27,29)/t21-,25+/m1/s1. The van der Waals surface area contributed by atoms with E-state index in [-0.39, 0.29) is 11.9 Å². The van der Waals surface area contributed by atoms with Crippen LogP contribution in [0.4, 0.5) is 0 Å². The van der Waals surface area contributed by atoms with E-state index >= 15 is 0 Å². The van der Waals surface area contributed by atoms with E-state index in [4.69, 9.17) is 9.47 Å². The van der Waals surface area contributed by atoms with Crippen LogP contribution in [0.3, 0.4) is 0 Å². The molecular weight excluding hydrogens is 390 g/mol. The van der Waals surface area contributed by atoms with Crippen LogP contribution in [0.2, 0.25) is 0 Å². The number of hydrogen-bond donors (Lipinski definition) is 1. The molecule has 0 bridgehead atoms. The number of amides is 1. The smallest absolute Gasteiger partial charge is 0.222 e. The molecular formula is C25H35N3O3. The van der Waals surface area contributed by atoms with Gasteiger partial charge in [0.2, 0.25) is 5.91 Å². The van der Waals surface area contributed by atoms with Crippen molar-refractivity contribution >= 4 is 5.91 Å². The first-order chi connectivity index (χ1) is 15.0. The first-order valence-corrected chi connectivity index (χ1v) is 11.1. The molecule has 0 radical (unpaired) electrons. The number of piperidine rings is 1. The number of nitrogens with one attached hydrogen (secondary N) is 1. The van der Waals surface area contributed by atoms with Crippen LogP contribution in [0.1, 0.15) is 47.7 Å². The van der Waals surface area contributed by atoms with Gasteiger partial charge in [-0.25, -0.2) is 0 Å². The van der Waals surface area contributed by atoms with Crippen molar-refractivity contribution in [2.24, 2.45) is 5.92 Å². The lowest BCUT2D eigenvalue weighted by Gasteiger charge is -2.37. The lowest BCUT2D eigenvalue weighted by Crippen LogP contribution is -2.43. The summed E-state index contributed by atoms with van der Waals surface area (Å²) in [6.07, 6.45) is 4.34. The van der Waals surface area contributed by atoms with Crippen molar-refractivity contribution in [1.29, 1.82) is 0 Å². The molecule has 0 unspecified atom stereocenters. The summed E-state index contributed by atoms with van der Waals surface area (Å²) < 4.78 is 10.5. The average molecular weight is 426 g/mol. The van der Waals surface area contributed by atoms with Gasteiger partial charge >= 0.3 is 0 Å². The van der Waals surface area contributed by atoms with Gasteiger partial charge < -0.3 is 14.8 Å². The molecule has 2 atom stereocenters. The Kier molecular flexibility index (Phi) is 8.43. The van der Waals surface area contributed by atoms with Crippen molar-refractivity contribution in [3.63, 3.8) is 0 Å². The van der Waals surface area contributed by atoms with Crippen LogP contribution in [0, 0.1) is 19.8 Å². The monoisotopic (exact) mass is 425 g/mol. The number of rotatable bonds is 9. The molecule has 168 valence electrons. The summed E-state index contributed by atoms with van der Waals surface area (Å²) in [6.45, 7) is 7.60. The predicted octanol–water partition coefficient (Wildman–Crippen LogP) is 3.81. The quantitative estimate of drug-likeness (QED) is 0.662. The van der Waals surface area contributed by atoms with Gasteiger partial charge in [-0.05, 0) is 74.0 Å². The first kappa shape index (κ1) is 23.2. The van der Waals surface area contributed by atoms with Crippen LogP contribution in [0.25, 0.3) is 0 Å². The zero-order chi connectivity index (χ0) is 22.2. The summed E-state index contributed by atoms with van der Waals surface area (Å²) in [6, 6.07) is 10.1. The van der Waals surface area contributed by atoms with Gasteiger partial charge in [0, 0.05) is 32.8 Å². The topological polar surface area (TPSA) is 63.7 Å². The van der Waals surface area contributed by atoms with Crippen molar-refractivity contribution in [3.05, 3.63) is 58.9 Å². The van der Waals surface area contributed by atoms with Gasteiger partial charge in [0.05, 0.1) is 25.5 Å². The van der Waals surface area contributed by atoms with Crippen molar-refractivity contribution < 1.29 is 14.3 Å². The molecule has 6 heteroatoms. The van der Waals surface area contributed by atoms with Crippen LogP contribution in [0.15, 0.2) is 36.5 Å². The van der Waals surface area contributed by atoms with Gasteiger partial charge in [-0.3, -0.25) is 14.7 Å². The molecule has 2 aromatic rings. The minimum Gasteiger partial charge on any atom is -0.496 e. The Morgan fingerprint density at radius 2 is 2.06 bits per heavy atom. The van der Waals surface area contributed by atoms with Crippen LogP contribution < -0.4 is 10.1 Å². The van der Waals surface area contributed by atoms with E-state index in [1.807, 2.05) is 18.2 Å². The highest BCUT2D eigenvalue weighted by atomic mass is 16.5. The lowest BCUT2D eigenvalue weighted by atomic mass is 9.88. The zero-order valence-corrected chi connectivity index (χ0v) is 19.2. The molecule has 1 N–H and O–H groups in total. The second kappa shape index (κ2) is 11.3. The van der Waals surface area contributed by atoms with Crippen LogP contribution in [-0.2, 0) is 16.1 Å². The van der Waals surface area contributed by atoms with Gasteiger partial charge in [-0.15, -0.1) is 0 Å². The van der Waals surface area contributed by atoms with E-state index in [2.05, 4.69) is 41.2 Å². The molecule has 3 rings (SSSR count). The maximum absolute atomic E-state index is 12.5. The summed E-state index contributed by atoms with van der Waals surface area (Å²) in [7, 11) is 3.33. The third-order valence-electron chi connectivity index (χ3n) is 6.33. The minimum atomic E-state index is -0.0907. The average Bonchev–Trinajstić information content (AvgIpc) is 2.80. The Bertz CT molecular complexity index is 857. The summed E-state index contributed by atoms with van der Waals surface area (Å²) in [5, 5.41) is 3.23. The highest BCUT2D eigenvalue weighted by Crippen LogP contribution is 2.31. The molecule has 6 nitrogen and oxygen atoms in total. The fraction of sp³-hybridized carbons (Fsp3) is 0.520. The van der Waals surface area contributed by atoms with E-state index in [0.717, 1.165) is 43.9 Å². The summed E-state index contributed by atoms with van der Waals surface area (Å²) in [5.41, 5.74) is 4.75. The molecule has 0 aliphatic carbocycles. The van der Waals surface area contributed by atoms with Crippen molar-refractivity contribution in [2.45, 2.75) is 45.7 Å². The third kappa shape index (κ3) is 6.05. The molecule has 1 amide bonds. The van der Waals surface area contributed by atoms with Gasteiger partial charge in [0.25, 0.3) is 0 Å². The lowest BCUT2D eigenvalue weighted by molar-refractivity contribution is -0.123. The van der Waals surface area contributed by atoms with Gasteiger partial charge in [0.15, 0.2) is 0 Å². The molecule has 0 saturated carbocycles. The third-order valence-corrected chi connectivity index (χ3v) is 6.33. The second-order valence-electron chi connectivity index (χ2n) is 8.36. The van der Waals surface area contributed by atoms with E-state index in [1.54, 1.807) is 20.4 Å². The number of ether oxygens (including phenoxy) is 2. The molecule has 2 heterocycles. The summed E-state index contributed by atoms with van der Waals surface area (Å²) >= 11 is 0. The highest BCUT2D eigenvalue weighted by molar-refractivity contribution is 5.76. The number of nitrogens with zero attached hydrogens (tertiary/aromatic N) is 2. The molecule has 1 aromatic carbocycles. The largest absolute Gasteiger partial charge is 0.496 e. The Morgan fingerprint density at radius 3 is 2.77 bits per heavy atom. The number of likely N-dealkylation sites (tertiary alicyclic amines) is 1. The van der Waals surface area contributed by atoms with E-state index < -0.39 is 0 Å². The highest BCUT2D eigenvalue weighted by Gasteiger charge is 2.30. The predicted molar refractivity (Wildman–Crippen MR) is 122 cm³/mol. The molecule has 1 aliphatic heterocycles. The molecule has 1 aromatic heterocycles. The number of pyridine rings is 1. The van der Waals surface area contributed by atoms with Crippen LogP contribution in [-0.4, -0.2) is 49.7 Å². The Morgan fingerprint density at radius 1 is 1.23 bits per heavy atom. The van der Waals surface area contributed by atoms with E-state index in [0.29, 0.717) is 18.9 Å². The minimum absolute atomic E-state index is 0.0104. The van der Waals surface area contributed by atoms with Crippen molar-refractivity contribution in [1.82, 2.24) is 15.2 Å². The van der Waals surface area contributed by atoms with Crippen molar-refractivity contribution in [2.75, 3.05) is 33.9 Å². The zero-order valence-electron chi connectivity index (χ0n) is 19.2. The molecule has 1 aliphatic rings.